The number of aliphatic hydroxyl groups excluding tert-OH is 1. The van der Waals surface area contributed by atoms with Crippen molar-refractivity contribution in [2.75, 3.05) is 20.8 Å². The van der Waals surface area contributed by atoms with Gasteiger partial charge in [-0.2, -0.15) is 4.68 Å². The quantitative estimate of drug-likeness (QED) is 0.848. The zero-order valence-corrected chi connectivity index (χ0v) is 11.1. The van der Waals surface area contributed by atoms with Crippen LogP contribution in [0.5, 0.6) is 11.5 Å². The summed E-state index contributed by atoms with van der Waals surface area (Å²) in [5.74, 6) is 1.93. The lowest BCUT2D eigenvalue weighted by atomic mass is 10.2. The molecule has 0 amide bonds. The topological polar surface area (TPSA) is 82.3 Å². The van der Waals surface area contributed by atoms with E-state index in [0.717, 1.165) is 11.3 Å². The van der Waals surface area contributed by atoms with Crippen molar-refractivity contribution in [1.29, 1.82) is 0 Å². The average Bonchev–Trinajstić information content (AvgIpc) is 2.87. The van der Waals surface area contributed by atoms with Gasteiger partial charge in [0.05, 0.1) is 20.8 Å². The van der Waals surface area contributed by atoms with Gasteiger partial charge in [0.25, 0.3) is 0 Å². The number of methoxy groups -OCH3 is 2. The largest absolute Gasteiger partial charge is 0.496 e. The van der Waals surface area contributed by atoms with Crippen molar-refractivity contribution in [3.63, 3.8) is 0 Å². The molecule has 0 unspecified atom stereocenters. The van der Waals surface area contributed by atoms with E-state index in [0.29, 0.717) is 23.7 Å². The molecular formula is C12H16N4O3. The Labute approximate surface area is 110 Å². The number of hydrogen-bond acceptors (Lipinski definition) is 6. The Morgan fingerprint density at radius 1 is 1.21 bits per heavy atom. The molecule has 7 heteroatoms. The molecule has 102 valence electrons. The summed E-state index contributed by atoms with van der Waals surface area (Å²) in [5.41, 5.74) is 1.64. The summed E-state index contributed by atoms with van der Waals surface area (Å²) >= 11 is 0. The van der Waals surface area contributed by atoms with Crippen LogP contribution in [0.3, 0.4) is 0 Å². The maximum absolute atomic E-state index is 9.02. The fraction of sp³-hybridized carbons (Fsp3) is 0.417. The highest BCUT2D eigenvalue weighted by Gasteiger charge is 2.15. The van der Waals surface area contributed by atoms with Crippen molar-refractivity contribution < 1.29 is 14.6 Å². The van der Waals surface area contributed by atoms with Gasteiger partial charge >= 0.3 is 0 Å². The fourth-order valence-electron chi connectivity index (χ4n) is 1.85. The first kappa shape index (κ1) is 13.3. The number of rotatable bonds is 5. The highest BCUT2D eigenvalue weighted by molar-refractivity contribution is 5.54. The van der Waals surface area contributed by atoms with Gasteiger partial charge in [-0.15, -0.1) is 5.10 Å². The van der Waals surface area contributed by atoms with Crippen LogP contribution in [-0.2, 0) is 6.42 Å². The Balaban J connectivity index is 2.56. The molecule has 2 aromatic rings. The van der Waals surface area contributed by atoms with Gasteiger partial charge in [0.2, 0.25) is 0 Å². The van der Waals surface area contributed by atoms with Crippen molar-refractivity contribution in [3.8, 4) is 17.2 Å². The van der Waals surface area contributed by atoms with E-state index in [1.807, 2.05) is 19.1 Å². The second kappa shape index (κ2) is 5.66. The third kappa shape index (κ3) is 2.50. The lowest BCUT2D eigenvalue weighted by molar-refractivity contribution is 0.295. The number of nitrogens with zero attached hydrogens (tertiary/aromatic N) is 4. The molecule has 19 heavy (non-hydrogen) atoms. The predicted molar refractivity (Wildman–Crippen MR) is 67.8 cm³/mol. The Hall–Kier alpha value is -2.15. The van der Waals surface area contributed by atoms with Crippen LogP contribution in [0, 0.1) is 6.92 Å². The van der Waals surface area contributed by atoms with E-state index in [9.17, 15) is 0 Å². The maximum Gasteiger partial charge on any atom is 0.159 e. The monoisotopic (exact) mass is 264 g/mol. The summed E-state index contributed by atoms with van der Waals surface area (Å²) in [7, 11) is 3.19. The minimum Gasteiger partial charge on any atom is -0.496 e. The average molecular weight is 264 g/mol. The Bertz CT molecular complexity index is 568. The van der Waals surface area contributed by atoms with Crippen LogP contribution in [0.1, 0.15) is 11.4 Å². The molecule has 0 aliphatic rings. The van der Waals surface area contributed by atoms with Crippen LogP contribution in [-0.4, -0.2) is 46.1 Å². The van der Waals surface area contributed by atoms with E-state index in [1.54, 1.807) is 14.2 Å². The predicted octanol–water partition coefficient (Wildman–Crippen LogP) is 0.523. The minimum atomic E-state index is -0.0221. The molecule has 0 bridgehead atoms. The fourth-order valence-corrected chi connectivity index (χ4v) is 1.85. The first-order valence-electron chi connectivity index (χ1n) is 5.82. The lowest BCUT2D eigenvalue weighted by Gasteiger charge is -2.13. The van der Waals surface area contributed by atoms with Crippen LogP contribution < -0.4 is 9.47 Å². The van der Waals surface area contributed by atoms with Gasteiger partial charge in [-0.25, -0.2) is 0 Å². The number of aromatic nitrogens is 4. The maximum atomic E-state index is 9.02. The van der Waals surface area contributed by atoms with Gasteiger partial charge in [-0.3, -0.25) is 0 Å². The van der Waals surface area contributed by atoms with Crippen LogP contribution in [0.25, 0.3) is 5.69 Å². The van der Waals surface area contributed by atoms with Crippen molar-refractivity contribution in [2.45, 2.75) is 13.3 Å². The smallest absolute Gasteiger partial charge is 0.159 e. The highest BCUT2D eigenvalue weighted by Crippen LogP contribution is 2.31. The molecule has 0 radical (unpaired) electrons. The molecular weight excluding hydrogens is 248 g/mol. The van der Waals surface area contributed by atoms with Gasteiger partial charge in [-0.05, 0) is 29.0 Å². The molecule has 1 N–H and O–H groups in total. The standard InChI is InChI=1S/C12H16N4O3/c1-8-6-11(19-3)9(7-10(8)18-2)16-12(4-5-17)13-14-15-16/h6-7,17H,4-5H2,1-3H3. The first-order valence-corrected chi connectivity index (χ1v) is 5.82. The number of aliphatic hydroxyl groups is 1. The van der Waals surface area contributed by atoms with Crippen molar-refractivity contribution in [2.24, 2.45) is 0 Å². The van der Waals surface area contributed by atoms with E-state index >= 15 is 0 Å². The molecule has 1 aromatic heterocycles. The summed E-state index contributed by atoms with van der Waals surface area (Å²) in [6.07, 6.45) is 0.367. The summed E-state index contributed by atoms with van der Waals surface area (Å²) in [6, 6.07) is 3.67. The molecule has 1 heterocycles. The highest BCUT2D eigenvalue weighted by atomic mass is 16.5. The summed E-state index contributed by atoms with van der Waals surface area (Å²) < 4.78 is 12.2. The molecule has 0 aliphatic heterocycles. The van der Waals surface area contributed by atoms with Crippen molar-refractivity contribution in [1.82, 2.24) is 20.2 Å². The number of hydrogen-bond donors (Lipinski definition) is 1. The lowest BCUT2D eigenvalue weighted by Crippen LogP contribution is -2.07. The number of benzene rings is 1. The number of ether oxygens (including phenoxy) is 2. The van der Waals surface area contributed by atoms with E-state index in [2.05, 4.69) is 15.5 Å². The summed E-state index contributed by atoms with van der Waals surface area (Å²) in [5, 5.41) is 20.5. The van der Waals surface area contributed by atoms with Gasteiger partial charge in [0.15, 0.2) is 5.82 Å². The SMILES string of the molecule is COc1cc(-n2nnnc2CCO)c(OC)cc1C. The minimum absolute atomic E-state index is 0.0221. The van der Waals surface area contributed by atoms with Crippen LogP contribution in [0.4, 0.5) is 0 Å². The first-order chi connectivity index (χ1) is 9.21. The zero-order valence-electron chi connectivity index (χ0n) is 11.1. The molecule has 0 atom stereocenters. The summed E-state index contributed by atoms with van der Waals surface area (Å²) in [4.78, 5) is 0. The second-order valence-electron chi connectivity index (χ2n) is 3.97. The van der Waals surface area contributed by atoms with Crippen LogP contribution in [0.2, 0.25) is 0 Å². The van der Waals surface area contributed by atoms with Gasteiger partial charge in [-0.1, -0.05) is 0 Å². The van der Waals surface area contributed by atoms with Crippen molar-refractivity contribution in [3.05, 3.63) is 23.5 Å². The molecule has 0 aliphatic carbocycles. The Kier molecular flexibility index (Phi) is 3.96. The van der Waals surface area contributed by atoms with Crippen LogP contribution in [0.15, 0.2) is 12.1 Å². The van der Waals surface area contributed by atoms with E-state index in [-0.39, 0.29) is 6.61 Å². The van der Waals surface area contributed by atoms with Crippen LogP contribution >= 0.6 is 0 Å². The molecule has 0 saturated heterocycles. The number of aryl methyl sites for hydroxylation is 1. The van der Waals surface area contributed by atoms with Gasteiger partial charge < -0.3 is 14.6 Å². The molecule has 0 saturated carbocycles. The second-order valence-corrected chi connectivity index (χ2v) is 3.97. The van der Waals surface area contributed by atoms with Crippen molar-refractivity contribution >= 4 is 0 Å². The zero-order chi connectivity index (χ0) is 13.8. The van der Waals surface area contributed by atoms with Gasteiger partial charge in [0.1, 0.15) is 17.2 Å². The molecule has 7 nitrogen and oxygen atoms in total. The number of tetrazole rings is 1. The normalized spacial score (nSPS) is 10.5. The molecule has 1 aromatic carbocycles. The molecule has 0 spiro atoms. The Morgan fingerprint density at radius 2 is 1.95 bits per heavy atom. The van der Waals surface area contributed by atoms with E-state index < -0.39 is 0 Å². The third-order valence-electron chi connectivity index (χ3n) is 2.79. The third-order valence-corrected chi connectivity index (χ3v) is 2.79. The van der Waals surface area contributed by atoms with E-state index in [1.165, 1.54) is 4.68 Å². The summed E-state index contributed by atoms with van der Waals surface area (Å²) in [6.45, 7) is 1.91. The molecule has 0 fully saturated rings. The Morgan fingerprint density at radius 3 is 2.58 bits per heavy atom. The molecule has 2 rings (SSSR count). The van der Waals surface area contributed by atoms with E-state index in [4.69, 9.17) is 14.6 Å². The van der Waals surface area contributed by atoms with Gasteiger partial charge in [0, 0.05) is 12.5 Å².